The van der Waals surface area contributed by atoms with Crippen molar-refractivity contribution in [2.75, 3.05) is 11.6 Å². The van der Waals surface area contributed by atoms with E-state index in [4.69, 9.17) is 0 Å². The van der Waals surface area contributed by atoms with Crippen molar-refractivity contribution in [3.05, 3.63) is 24.3 Å². The van der Waals surface area contributed by atoms with Crippen molar-refractivity contribution < 1.29 is 0 Å². The lowest BCUT2D eigenvalue weighted by molar-refractivity contribution is 0.286. The predicted molar refractivity (Wildman–Crippen MR) is 73.3 cm³/mol. The molecule has 1 nitrogen and oxygen atoms in total. The van der Waals surface area contributed by atoms with Gasteiger partial charge in [-0.3, -0.25) is 0 Å². The molecule has 88 valence electrons. The molecule has 1 aromatic rings. The highest BCUT2D eigenvalue weighted by molar-refractivity contribution is 7.98. The largest absolute Gasteiger partial charge is 0.383 e. The molecular weight excluding hydrogens is 214 g/mol. The van der Waals surface area contributed by atoms with Crippen molar-refractivity contribution in [1.29, 1.82) is 0 Å². The van der Waals surface area contributed by atoms with Crippen LogP contribution < -0.4 is 5.32 Å². The zero-order valence-electron chi connectivity index (χ0n) is 10.2. The van der Waals surface area contributed by atoms with E-state index in [9.17, 15) is 0 Å². The highest BCUT2D eigenvalue weighted by Gasteiger charge is 2.19. The summed E-state index contributed by atoms with van der Waals surface area (Å²) in [7, 11) is 0. The fourth-order valence-electron chi connectivity index (χ4n) is 2.26. The number of benzene rings is 1. The molecule has 0 heterocycles. The van der Waals surface area contributed by atoms with Gasteiger partial charge in [0.1, 0.15) is 0 Å². The summed E-state index contributed by atoms with van der Waals surface area (Å²) in [6.45, 7) is 2.29. The lowest BCUT2D eigenvalue weighted by Gasteiger charge is -2.28. The summed E-state index contributed by atoms with van der Waals surface area (Å²) in [6.07, 6.45) is 7.76. The number of thioether (sulfide) groups is 1. The van der Waals surface area contributed by atoms with Crippen molar-refractivity contribution in [1.82, 2.24) is 0 Å². The van der Waals surface area contributed by atoms with Crippen molar-refractivity contribution in [2.45, 2.75) is 43.5 Å². The van der Waals surface area contributed by atoms with E-state index in [1.807, 2.05) is 0 Å². The molecule has 2 heteroatoms. The molecule has 1 unspecified atom stereocenters. The van der Waals surface area contributed by atoms with Gasteiger partial charge in [0.25, 0.3) is 0 Å². The summed E-state index contributed by atoms with van der Waals surface area (Å²) >= 11 is 1.79. The number of anilines is 1. The predicted octanol–water partition coefficient (Wildman–Crippen LogP) is 4.40. The number of nitrogens with one attached hydrogen (secondary N) is 1. The van der Waals surface area contributed by atoms with Gasteiger partial charge in [0.15, 0.2) is 0 Å². The molecule has 1 saturated carbocycles. The molecule has 1 aliphatic rings. The molecule has 1 aliphatic carbocycles. The fourth-order valence-corrected chi connectivity index (χ4v) is 2.67. The van der Waals surface area contributed by atoms with Crippen molar-refractivity contribution in [2.24, 2.45) is 5.92 Å². The van der Waals surface area contributed by atoms with Gasteiger partial charge in [-0.25, -0.2) is 0 Å². The first kappa shape index (κ1) is 11.8. The van der Waals surface area contributed by atoms with Crippen LogP contribution in [0.25, 0.3) is 0 Å². The molecule has 0 spiro atoms. The summed E-state index contributed by atoms with van der Waals surface area (Å²) < 4.78 is 0. The number of rotatable bonds is 5. The molecule has 0 aromatic heterocycles. The maximum Gasteiger partial charge on any atom is 0.0342 e. The summed E-state index contributed by atoms with van der Waals surface area (Å²) in [5.41, 5.74) is 1.25. The van der Waals surface area contributed by atoms with Crippen LogP contribution >= 0.6 is 11.8 Å². The Morgan fingerprint density at radius 3 is 2.50 bits per heavy atom. The van der Waals surface area contributed by atoms with Crippen LogP contribution in [0.1, 0.15) is 32.6 Å². The Hall–Kier alpha value is -0.630. The van der Waals surface area contributed by atoms with Gasteiger partial charge in [-0.05, 0) is 49.8 Å². The molecule has 0 saturated heterocycles. The van der Waals surface area contributed by atoms with Crippen LogP contribution in [0.5, 0.6) is 0 Å². The van der Waals surface area contributed by atoms with Crippen molar-refractivity contribution in [3.63, 3.8) is 0 Å². The molecule has 1 fully saturated rings. The first-order valence-corrected chi connectivity index (χ1v) is 7.41. The van der Waals surface area contributed by atoms with Gasteiger partial charge in [-0.2, -0.15) is 0 Å². The third kappa shape index (κ3) is 3.18. The minimum Gasteiger partial charge on any atom is -0.383 e. The zero-order chi connectivity index (χ0) is 11.4. The monoisotopic (exact) mass is 235 g/mol. The number of hydrogen-bond acceptors (Lipinski definition) is 2. The Morgan fingerprint density at radius 1 is 1.31 bits per heavy atom. The van der Waals surface area contributed by atoms with Gasteiger partial charge in [0.2, 0.25) is 0 Å². The Labute approximate surface area is 103 Å². The van der Waals surface area contributed by atoms with E-state index in [-0.39, 0.29) is 0 Å². The fraction of sp³-hybridized carbons (Fsp3) is 0.571. The Bertz CT molecular complexity index is 316. The summed E-state index contributed by atoms with van der Waals surface area (Å²) in [5, 5.41) is 3.58. The highest BCUT2D eigenvalue weighted by Crippen LogP contribution is 2.31. The highest BCUT2D eigenvalue weighted by atomic mass is 32.2. The average molecular weight is 235 g/mol. The summed E-state index contributed by atoms with van der Waals surface area (Å²) in [5.74, 6) is 0.980. The van der Waals surface area contributed by atoms with Gasteiger partial charge >= 0.3 is 0 Å². The van der Waals surface area contributed by atoms with Crippen LogP contribution in [0.2, 0.25) is 0 Å². The van der Waals surface area contributed by atoms with E-state index < -0.39 is 0 Å². The van der Waals surface area contributed by atoms with Crippen molar-refractivity contribution in [3.8, 4) is 0 Å². The Balaban J connectivity index is 1.82. The SMILES string of the molecule is CSc1ccc(NC(C)CC2CCC2)cc1. The van der Waals surface area contributed by atoms with Crippen LogP contribution in [0.3, 0.4) is 0 Å². The minimum atomic E-state index is 0.602. The molecule has 1 atom stereocenters. The van der Waals surface area contributed by atoms with Gasteiger partial charge in [-0.1, -0.05) is 19.3 Å². The number of hydrogen-bond donors (Lipinski definition) is 1. The third-order valence-corrected chi connectivity index (χ3v) is 4.16. The normalized spacial score (nSPS) is 17.9. The van der Waals surface area contributed by atoms with Gasteiger partial charge in [0, 0.05) is 16.6 Å². The molecule has 0 radical (unpaired) electrons. The quantitative estimate of drug-likeness (QED) is 0.759. The van der Waals surface area contributed by atoms with Crippen molar-refractivity contribution >= 4 is 17.4 Å². The molecule has 2 rings (SSSR count). The second-order valence-corrected chi connectivity index (χ2v) is 5.69. The first-order valence-electron chi connectivity index (χ1n) is 6.18. The van der Waals surface area contributed by atoms with Crippen LogP contribution in [0.4, 0.5) is 5.69 Å². The van der Waals surface area contributed by atoms with Gasteiger partial charge in [0.05, 0.1) is 0 Å². The van der Waals surface area contributed by atoms with E-state index in [1.165, 1.54) is 36.3 Å². The summed E-state index contributed by atoms with van der Waals surface area (Å²) in [4.78, 5) is 1.33. The van der Waals surface area contributed by atoms with Crippen LogP contribution in [0.15, 0.2) is 29.2 Å². The average Bonchev–Trinajstić information content (AvgIpc) is 2.25. The molecule has 0 amide bonds. The Kier molecular flexibility index (Phi) is 4.16. The maximum absolute atomic E-state index is 3.58. The van der Waals surface area contributed by atoms with Crippen LogP contribution in [-0.4, -0.2) is 12.3 Å². The van der Waals surface area contributed by atoms with E-state index in [1.54, 1.807) is 11.8 Å². The lowest BCUT2D eigenvalue weighted by atomic mass is 9.81. The second-order valence-electron chi connectivity index (χ2n) is 4.81. The standard InChI is InChI=1S/C14H21NS/c1-11(10-12-4-3-5-12)15-13-6-8-14(16-2)9-7-13/h6-9,11-12,15H,3-5,10H2,1-2H3. The smallest absolute Gasteiger partial charge is 0.0342 e. The molecule has 0 bridgehead atoms. The molecule has 1 aromatic carbocycles. The maximum atomic E-state index is 3.58. The van der Waals surface area contributed by atoms with E-state index in [2.05, 4.69) is 42.8 Å². The van der Waals surface area contributed by atoms with Gasteiger partial charge < -0.3 is 5.32 Å². The van der Waals surface area contributed by atoms with Crippen LogP contribution in [-0.2, 0) is 0 Å². The third-order valence-electron chi connectivity index (χ3n) is 3.41. The first-order chi connectivity index (χ1) is 7.78. The molecular formula is C14H21NS. The topological polar surface area (TPSA) is 12.0 Å². The molecule has 16 heavy (non-hydrogen) atoms. The summed E-state index contributed by atoms with van der Waals surface area (Å²) in [6, 6.07) is 9.34. The Morgan fingerprint density at radius 2 is 2.00 bits per heavy atom. The van der Waals surface area contributed by atoms with E-state index in [0.717, 1.165) is 5.92 Å². The molecule has 0 aliphatic heterocycles. The minimum absolute atomic E-state index is 0.602. The van der Waals surface area contributed by atoms with E-state index in [0.29, 0.717) is 6.04 Å². The van der Waals surface area contributed by atoms with Crippen LogP contribution in [0, 0.1) is 5.92 Å². The zero-order valence-corrected chi connectivity index (χ0v) is 11.0. The molecule has 1 N–H and O–H groups in total. The lowest BCUT2D eigenvalue weighted by Crippen LogP contribution is -2.23. The van der Waals surface area contributed by atoms with E-state index >= 15 is 0 Å². The second kappa shape index (κ2) is 5.62. The van der Waals surface area contributed by atoms with Gasteiger partial charge in [-0.15, -0.1) is 11.8 Å².